The molecular formula is C22H17ClI2N2O3. The lowest BCUT2D eigenvalue weighted by atomic mass is 10.2. The normalized spacial score (nSPS) is 10.8. The van der Waals surface area contributed by atoms with Gasteiger partial charge in [-0.1, -0.05) is 35.9 Å². The molecule has 0 aromatic heterocycles. The molecule has 0 saturated carbocycles. The lowest BCUT2D eigenvalue weighted by Gasteiger charge is -2.12. The number of amides is 1. The summed E-state index contributed by atoms with van der Waals surface area (Å²) in [5, 5.41) is 4.74. The van der Waals surface area contributed by atoms with Gasteiger partial charge < -0.3 is 9.47 Å². The summed E-state index contributed by atoms with van der Waals surface area (Å²) in [6.07, 6.45) is 1.60. The molecule has 154 valence electrons. The molecule has 3 rings (SSSR count). The Balaban J connectivity index is 1.65. The molecule has 0 aliphatic rings. The van der Waals surface area contributed by atoms with Crippen LogP contribution in [0.15, 0.2) is 65.8 Å². The average Bonchev–Trinajstić information content (AvgIpc) is 2.74. The summed E-state index contributed by atoms with van der Waals surface area (Å²) < 4.78 is 13.0. The monoisotopic (exact) mass is 646 g/mol. The zero-order valence-corrected chi connectivity index (χ0v) is 20.9. The lowest BCUT2D eigenvalue weighted by Crippen LogP contribution is -2.17. The van der Waals surface area contributed by atoms with Gasteiger partial charge in [-0.2, -0.15) is 5.10 Å². The van der Waals surface area contributed by atoms with Crippen molar-refractivity contribution in [1.29, 1.82) is 0 Å². The highest BCUT2D eigenvalue weighted by Crippen LogP contribution is 2.30. The zero-order valence-electron chi connectivity index (χ0n) is 15.9. The summed E-state index contributed by atoms with van der Waals surface area (Å²) in [5.74, 6) is 1.09. The highest BCUT2D eigenvalue weighted by Gasteiger charge is 2.10. The largest absolute Gasteiger partial charge is 0.497 e. The Hall–Kier alpha value is -1.85. The standard InChI is InChI=1S/C22H17ClI2N2O3/c1-29-17-7-4-6-15(11-17)22(28)27-26-12-14-9-19(24)21(20(25)10-14)30-13-16-5-2-3-8-18(16)23/h2-12H,13H2,1H3,(H,27,28)/b26-12-. The number of methoxy groups -OCH3 is 1. The lowest BCUT2D eigenvalue weighted by molar-refractivity contribution is 0.0955. The Morgan fingerprint density at radius 3 is 2.53 bits per heavy atom. The third-order valence-corrected chi connectivity index (χ3v) is 6.03. The van der Waals surface area contributed by atoms with Crippen LogP contribution in [0.4, 0.5) is 0 Å². The van der Waals surface area contributed by atoms with Crippen molar-refractivity contribution in [3.63, 3.8) is 0 Å². The number of hydrogen-bond donors (Lipinski definition) is 1. The van der Waals surface area contributed by atoms with Crippen molar-refractivity contribution < 1.29 is 14.3 Å². The molecule has 0 aliphatic heterocycles. The Kier molecular flexibility index (Phi) is 8.34. The van der Waals surface area contributed by atoms with E-state index in [0.717, 1.165) is 24.0 Å². The van der Waals surface area contributed by atoms with Gasteiger partial charge in [0.25, 0.3) is 5.91 Å². The maximum Gasteiger partial charge on any atom is 0.271 e. The number of carbonyl (C=O) groups excluding carboxylic acids is 1. The minimum Gasteiger partial charge on any atom is -0.497 e. The Morgan fingerprint density at radius 1 is 1.10 bits per heavy atom. The predicted octanol–water partition coefficient (Wildman–Crippen LogP) is 5.90. The summed E-state index contributed by atoms with van der Waals surface area (Å²) in [6.45, 7) is 0.385. The van der Waals surface area contributed by atoms with Crippen molar-refractivity contribution in [3.05, 3.63) is 89.5 Å². The van der Waals surface area contributed by atoms with Gasteiger partial charge in [0.05, 0.1) is 20.5 Å². The highest BCUT2D eigenvalue weighted by molar-refractivity contribution is 14.1. The molecule has 3 aromatic carbocycles. The summed E-state index contributed by atoms with van der Waals surface area (Å²) in [5.41, 5.74) is 4.78. The molecule has 0 bridgehead atoms. The SMILES string of the molecule is COc1cccc(C(=O)N/N=C\c2cc(I)c(OCc3ccccc3Cl)c(I)c2)c1. The van der Waals surface area contributed by atoms with Gasteiger partial charge in [-0.15, -0.1) is 0 Å². The van der Waals surface area contributed by atoms with Gasteiger partial charge >= 0.3 is 0 Å². The van der Waals surface area contributed by atoms with E-state index in [0.29, 0.717) is 22.9 Å². The van der Waals surface area contributed by atoms with Gasteiger partial charge in [-0.3, -0.25) is 4.79 Å². The van der Waals surface area contributed by atoms with Crippen molar-refractivity contribution in [3.8, 4) is 11.5 Å². The number of nitrogens with zero attached hydrogens (tertiary/aromatic N) is 1. The quantitative estimate of drug-likeness (QED) is 0.198. The third-order valence-electron chi connectivity index (χ3n) is 4.06. The van der Waals surface area contributed by atoms with E-state index < -0.39 is 0 Å². The molecule has 0 fully saturated rings. The Labute approximate surface area is 207 Å². The maximum absolute atomic E-state index is 12.2. The first-order chi connectivity index (χ1) is 14.5. The van der Waals surface area contributed by atoms with Crippen LogP contribution in [0.5, 0.6) is 11.5 Å². The van der Waals surface area contributed by atoms with Gasteiger partial charge in [-0.05, 0) is 87.1 Å². The molecule has 0 heterocycles. The second-order valence-corrected chi connectivity index (χ2v) is 8.86. The molecule has 0 spiro atoms. The van der Waals surface area contributed by atoms with Gasteiger partial charge in [0.2, 0.25) is 0 Å². The van der Waals surface area contributed by atoms with Crippen molar-refractivity contribution in [2.45, 2.75) is 6.61 Å². The molecule has 3 aromatic rings. The highest BCUT2D eigenvalue weighted by atomic mass is 127. The molecule has 0 radical (unpaired) electrons. The van der Waals surface area contributed by atoms with Crippen LogP contribution < -0.4 is 14.9 Å². The summed E-state index contributed by atoms with van der Waals surface area (Å²) in [6, 6.07) is 18.4. The van der Waals surface area contributed by atoms with Crippen molar-refractivity contribution in [1.82, 2.24) is 5.43 Å². The fourth-order valence-electron chi connectivity index (χ4n) is 2.55. The first-order valence-electron chi connectivity index (χ1n) is 8.80. The molecule has 8 heteroatoms. The van der Waals surface area contributed by atoms with E-state index in [2.05, 4.69) is 55.7 Å². The van der Waals surface area contributed by atoms with Gasteiger partial charge in [-0.25, -0.2) is 5.43 Å². The molecule has 0 unspecified atom stereocenters. The van der Waals surface area contributed by atoms with E-state index in [1.807, 2.05) is 36.4 Å². The van der Waals surface area contributed by atoms with Gasteiger partial charge in [0, 0.05) is 16.1 Å². The number of carbonyl (C=O) groups is 1. The first-order valence-corrected chi connectivity index (χ1v) is 11.3. The van der Waals surface area contributed by atoms with E-state index >= 15 is 0 Å². The minimum atomic E-state index is -0.311. The second kappa shape index (κ2) is 11.0. The van der Waals surface area contributed by atoms with Crippen LogP contribution in [0.2, 0.25) is 5.02 Å². The van der Waals surface area contributed by atoms with E-state index in [1.54, 1.807) is 37.6 Å². The van der Waals surface area contributed by atoms with Crippen LogP contribution >= 0.6 is 56.8 Å². The molecule has 0 saturated heterocycles. The zero-order chi connectivity index (χ0) is 21.5. The van der Waals surface area contributed by atoms with E-state index in [1.165, 1.54) is 0 Å². The average molecular weight is 647 g/mol. The third kappa shape index (κ3) is 6.08. The molecule has 1 N–H and O–H groups in total. The molecular weight excluding hydrogens is 630 g/mol. The number of hydrogen-bond acceptors (Lipinski definition) is 4. The number of ether oxygens (including phenoxy) is 2. The van der Waals surface area contributed by atoms with Crippen molar-refractivity contribution in [2.24, 2.45) is 5.10 Å². The topological polar surface area (TPSA) is 59.9 Å². The van der Waals surface area contributed by atoms with Crippen LogP contribution in [0.25, 0.3) is 0 Å². The summed E-state index contributed by atoms with van der Waals surface area (Å²) >= 11 is 10.6. The van der Waals surface area contributed by atoms with Crippen LogP contribution in [0.3, 0.4) is 0 Å². The van der Waals surface area contributed by atoms with E-state index in [-0.39, 0.29) is 5.91 Å². The van der Waals surface area contributed by atoms with Crippen LogP contribution in [-0.4, -0.2) is 19.2 Å². The van der Waals surface area contributed by atoms with Crippen molar-refractivity contribution in [2.75, 3.05) is 7.11 Å². The van der Waals surface area contributed by atoms with Crippen LogP contribution in [0, 0.1) is 7.14 Å². The number of benzene rings is 3. The Bertz CT molecular complexity index is 1070. The smallest absolute Gasteiger partial charge is 0.271 e. The van der Waals surface area contributed by atoms with Gasteiger partial charge in [0.1, 0.15) is 18.1 Å². The van der Waals surface area contributed by atoms with E-state index in [9.17, 15) is 4.79 Å². The number of rotatable bonds is 7. The fourth-order valence-corrected chi connectivity index (χ4v) is 4.87. The molecule has 0 atom stereocenters. The number of hydrazone groups is 1. The minimum absolute atomic E-state index is 0.311. The number of nitrogens with one attached hydrogen (secondary N) is 1. The Morgan fingerprint density at radius 2 is 1.83 bits per heavy atom. The van der Waals surface area contributed by atoms with E-state index in [4.69, 9.17) is 21.1 Å². The van der Waals surface area contributed by atoms with Crippen molar-refractivity contribution >= 4 is 68.9 Å². The molecule has 1 amide bonds. The maximum atomic E-state index is 12.2. The van der Waals surface area contributed by atoms with Crippen LogP contribution in [-0.2, 0) is 6.61 Å². The molecule has 5 nitrogen and oxygen atoms in total. The second-order valence-electron chi connectivity index (χ2n) is 6.12. The van der Waals surface area contributed by atoms with Crippen LogP contribution in [0.1, 0.15) is 21.5 Å². The predicted molar refractivity (Wildman–Crippen MR) is 136 cm³/mol. The first kappa shape index (κ1) is 22.8. The fraction of sp³-hybridized carbons (Fsp3) is 0.0909. The summed E-state index contributed by atoms with van der Waals surface area (Å²) in [7, 11) is 1.56. The molecule has 30 heavy (non-hydrogen) atoms. The number of halogens is 3. The summed E-state index contributed by atoms with van der Waals surface area (Å²) in [4.78, 5) is 12.2. The molecule has 0 aliphatic carbocycles. The van der Waals surface area contributed by atoms with Gasteiger partial charge in [0.15, 0.2) is 0 Å².